The maximum absolute atomic E-state index is 11.8. The van der Waals surface area contributed by atoms with Gasteiger partial charge in [-0.05, 0) is 24.5 Å². The van der Waals surface area contributed by atoms with Gasteiger partial charge in [-0.1, -0.05) is 6.92 Å². The van der Waals surface area contributed by atoms with Gasteiger partial charge in [0.2, 0.25) is 5.91 Å². The van der Waals surface area contributed by atoms with E-state index in [2.05, 4.69) is 12.2 Å². The quantitative estimate of drug-likeness (QED) is 0.850. The predicted octanol–water partition coefficient (Wildman–Crippen LogP) is 2.05. The van der Waals surface area contributed by atoms with E-state index in [1.165, 1.54) is 0 Å². The maximum atomic E-state index is 11.8. The summed E-state index contributed by atoms with van der Waals surface area (Å²) in [4.78, 5) is 11.8. The number of hydrogen-bond donors (Lipinski definition) is 1. The van der Waals surface area contributed by atoms with Gasteiger partial charge in [-0.15, -0.1) is 0 Å². The monoisotopic (exact) mass is 233 g/mol. The van der Waals surface area contributed by atoms with Crippen molar-refractivity contribution in [2.24, 2.45) is 11.8 Å². The second kappa shape index (κ2) is 3.95. The summed E-state index contributed by atoms with van der Waals surface area (Å²) < 4.78 is 10.9. The minimum atomic E-state index is 0.106. The van der Waals surface area contributed by atoms with Crippen LogP contribution in [0.15, 0.2) is 18.2 Å². The number of nitrogens with one attached hydrogen (secondary N) is 1. The lowest BCUT2D eigenvalue weighted by Gasteiger charge is -2.19. The second-order valence-corrected chi connectivity index (χ2v) is 4.67. The second-order valence-electron chi connectivity index (χ2n) is 4.67. The summed E-state index contributed by atoms with van der Waals surface area (Å²) >= 11 is 0. The van der Waals surface area contributed by atoms with Gasteiger partial charge in [0.15, 0.2) is 11.5 Å². The zero-order chi connectivity index (χ0) is 11.8. The molecule has 2 aliphatic rings. The molecule has 1 aromatic rings. The molecule has 1 N–H and O–H groups in total. The van der Waals surface area contributed by atoms with Crippen molar-refractivity contribution in [3.8, 4) is 11.5 Å². The van der Waals surface area contributed by atoms with Crippen LogP contribution in [0.4, 0.5) is 5.69 Å². The van der Waals surface area contributed by atoms with Crippen LogP contribution in [0.5, 0.6) is 11.5 Å². The summed E-state index contributed by atoms with van der Waals surface area (Å²) in [5, 5.41) is 2.91. The molecule has 0 bridgehead atoms. The van der Waals surface area contributed by atoms with Crippen molar-refractivity contribution in [3.05, 3.63) is 18.2 Å². The Morgan fingerprint density at radius 2 is 2.00 bits per heavy atom. The van der Waals surface area contributed by atoms with Crippen LogP contribution in [0.2, 0.25) is 0 Å². The Morgan fingerprint density at radius 1 is 1.29 bits per heavy atom. The molecule has 0 aromatic heterocycles. The molecule has 1 heterocycles. The summed E-state index contributed by atoms with van der Waals surface area (Å²) in [7, 11) is 0. The highest BCUT2D eigenvalue weighted by Gasteiger charge is 2.39. The van der Waals surface area contributed by atoms with Crippen molar-refractivity contribution >= 4 is 11.6 Å². The standard InChI is InChI=1S/C13H15NO3/c1-8-6-10(8)13(15)14-9-2-3-11-12(7-9)17-5-4-16-11/h2-3,7-8,10H,4-6H2,1H3,(H,14,15)/t8-,10+/m1/s1. The Bertz CT molecular complexity index is 458. The smallest absolute Gasteiger partial charge is 0.227 e. The molecule has 90 valence electrons. The number of fused-ring (bicyclic) bond motifs is 1. The molecule has 1 saturated carbocycles. The Morgan fingerprint density at radius 3 is 2.71 bits per heavy atom. The molecular formula is C13H15NO3. The van der Waals surface area contributed by atoms with E-state index in [0.29, 0.717) is 24.9 Å². The first kappa shape index (κ1) is 10.4. The SMILES string of the molecule is C[C@@H]1C[C@@H]1C(=O)Nc1ccc2c(c1)OCCO2. The Balaban J connectivity index is 1.73. The molecule has 17 heavy (non-hydrogen) atoms. The molecule has 0 saturated heterocycles. The number of hydrogen-bond acceptors (Lipinski definition) is 3. The zero-order valence-corrected chi connectivity index (χ0v) is 9.73. The molecule has 3 rings (SSSR count). The molecule has 0 unspecified atom stereocenters. The van der Waals surface area contributed by atoms with Gasteiger partial charge in [0.1, 0.15) is 13.2 Å². The molecule has 2 atom stereocenters. The van der Waals surface area contributed by atoms with Crippen molar-refractivity contribution in [3.63, 3.8) is 0 Å². The van der Waals surface area contributed by atoms with Crippen LogP contribution < -0.4 is 14.8 Å². The first-order valence-electron chi connectivity index (χ1n) is 5.94. The highest BCUT2D eigenvalue weighted by molar-refractivity contribution is 5.94. The average molecular weight is 233 g/mol. The molecule has 1 aliphatic carbocycles. The summed E-state index contributed by atoms with van der Waals surface area (Å²) in [5.41, 5.74) is 0.776. The molecule has 0 radical (unpaired) electrons. The van der Waals surface area contributed by atoms with E-state index in [9.17, 15) is 4.79 Å². The fourth-order valence-corrected chi connectivity index (χ4v) is 2.04. The first-order chi connectivity index (χ1) is 8.24. The van der Waals surface area contributed by atoms with Crippen molar-refractivity contribution in [2.75, 3.05) is 18.5 Å². The Hall–Kier alpha value is -1.71. The molecule has 1 aromatic carbocycles. The van der Waals surface area contributed by atoms with E-state index in [1.807, 2.05) is 18.2 Å². The molecule has 0 spiro atoms. The largest absolute Gasteiger partial charge is 0.486 e. The van der Waals surface area contributed by atoms with Crippen molar-refractivity contribution in [1.29, 1.82) is 0 Å². The molecule has 1 amide bonds. The van der Waals surface area contributed by atoms with E-state index in [0.717, 1.165) is 17.9 Å². The van der Waals surface area contributed by atoms with Gasteiger partial charge in [0, 0.05) is 17.7 Å². The highest BCUT2D eigenvalue weighted by atomic mass is 16.6. The van der Waals surface area contributed by atoms with E-state index in [1.54, 1.807) is 0 Å². The lowest BCUT2D eigenvalue weighted by Crippen LogP contribution is -2.17. The third kappa shape index (κ3) is 2.07. The van der Waals surface area contributed by atoms with E-state index < -0.39 is 0 Å². The third-order valence-corrected chi connectivity index (χ3v) is 3.26. The lowest BCUT2D eigenvalue weighted by molar-refractivity contribution is -0.117. The molecular weight excluding hydrogens is 218 g/mol. The molecule has 1 aliphatic heterocycles. The normalized spacial score (nSPS) is 25.2. The Kier molecular flexibility index (Phi) is 2.42. The number of rotatable bonds is 2. The Labute approximate surface area is 99.9 Å². The summed E-state index contributed by atoms with van der Waals surface area (Å²) in [6, 6.07) is 5.50. The molecule has 4 heteroatoms. The minimum absolute atomic E-state index is 0.106. The van der Waals surface area contributed by atoms with E-state index in [4.69, 9.17) is 9.47 Å². The lowest BCUT2D eigenvalue weighted by atomic mass is 10.2. The van der Waals surface area contributed by atoms with Gasteiger partial charge in [-0.3, -0.25) is 4.79 Å². The van der Waals surface area contributed by atoms with Crippen LogP contribution in [-0.2, 0) is 4.79 Å². The number of amides is 1. The topological polar surface area (TPSA) is 47.6 Å². The molecule has 1 fully saturated rings. The van der Waals surface area contributed by atoms with Gasteiger partial charge < -0.3 is 14.8 Å². The van der Waals surface area contributed by atoms with Crippen LogP contribution >= 0.6 is 0 Å². The van der Waals surface area contributed by atoms with Crippen LogP contribution in [0.25, 0.3) is 0 Å². The van der Waals surface area contributed by atoms with Crippen molar-refractivity contribution in [2.45, 2.75) is 13.3 Å². The number of anilines is 1. The van der Waals surface area contributed by atoms with Gasteiger partial charge >= 0.3 is 0 Å². The highest BCUT2D eigenvalue weighted by Crippen LogP contribution is 2.39. The zero-order valence-electron chi connectivity index (χ0n) is 9.73. The fraction of sp³-hybridized carbons (Fsp3) is 0.462. The number of carbonyl (C=O) groups excluding carboxylic acids is 1. The van der Waals surface area contributed by atoms with Crippen LogP contribution in [0.3, 0.4) is 0 Å². The summed E-state index contributed by atoms with van der Waals surface area (Å²) in [6.07, 6.45) is 0.996. The fourth-order valence-electron chi connectivity index (χ4n) is 2.04. The van der Waals surface area contributed by atoms with Gasteiger partial charge in [0.05, 0.1) is 0 Å². The van der Waals surface area contributed by atoms with Crippen molar-refractivity contribution in [1.82, 2.24) is 0 Å². The summed E-state index contributed by atoms with van der Waals surface area (Å²) in [5.74, 6) is 2.26. The number of ether oxygens (including phenoxy) is 2. The van der Waals surface area contributed by atoms with Crippen molar-refractivity contribution < 1.29 is 14.3 Å². The van der Waals surface area contributed by atoms with E-state index in [-0.39, 0.29) is 11.8 Å². The minimum Gasteiger partial charge on any atom is -0.486 e. The molecule has 4 nitrogen and oxygen atoms in total. The van der Waals surface area contributed by atoms with Crippen LogP contribution in [0.1, 0.15) is 13.3 Å². The van der Waals surface area contributed by atoms with Gasteiger partial charge in [0.25, 0.3) is 0 Å². The van der Waals surface area contributed by atoms with Crippen LogP contribution in [0, 0.1) is 11.8 Å². The third-order valence-electron chi connectivity index (χ3n) is 3.26. The van der Waals surface area contributed by atoms with Crippen LogP contribution in [-0.4, -0.2) is 19.1 Å². The predicted molar refractivity (Wildman–Crippen MR) is 63.3 cm³/mol. The van der Waals surface area contributed by atoms with Gasteiger partial charge in [-0.2, -0.15) is 0 Å². The average Bonchev–Trinajstić information content (AvgIpc) is 3.06. The first-order valence-corrected chi connectivity index (χ1v) is 5.94. The van der Waals surface area contributed by atoms with E-state index >= 15 is 0 Å². The number of benzene rings is 1. The number of carbonyl (C=O) groups is 1. The summed E-state index contributed by atoms with van der Waals surface area (Å²) in [6.45, 7) is 3.23. The maximum Gasteiger partial charge on any atom is 0.227 e. The van der Waals surface area contributed by atoms with Gasteiger partial charge in [-0.25, -0.2) is 0 Å².